The van der Waals surface area contributed by atoms with E-state index in [2.05, 4.69) is 15.1 Å². The second-order valence-electron chi connectivity index (χ2n) is 5.91. The van der Waals surface area contributed by atoms with E-state index in [1.807, 2.05) is 39.8 Å². The molecule has 3 aromatic rings. The van der Waals surface area contributed by atoms with Crippen molar-refractivity contribution >= 4 is 11.7 Å². The van der Waals surface area contributed by atoms with Crippen molar-refractivity contribution in [3.63, 3.8) is 0 Å². The van der Waals surface area contributed by atoms with E-state index in [4.69, 9.17) is 14.2 Å². The van der Waals surface area contributed by atoms with Crippen LogP contribution in [0.25, 0.3) is 5.78 Å². The zero-order chi connectivity index (χ0) is 19.4. The van der Waals surface area contributed by atoms with Gasteiger partial charge in [0.1, 0.15) is 6.61 Å². The van der Waals surface area contributed by atoms with E-state index in [-0.39, 0.29) is 12.4 Å². The van der Waals surface area contributed by atoms with Crippen molar-refractivity contribution in [2.75, 3.05) is 13.2 Å². The van der Waals surface area contributed by atoms with Gasteiger partial charge in [-0.2, -0.15) is 4.98 Å². The van der Waals surface area contributed by atoms with E-state index in [0.29, 0.717) is 30.5 Å². The minimum absolute atomic E-state index is 0.0211. The molecule has 0 spiro atoms. The third kappa shape index (κ3) is 4.16. The normalized spacial score (nSPS) is 10.8. The van der Waals surface area contributed by atoms with Gasteiger partial charge in [0.15, 0.2) is 11.5 Å². The number of carbonyl (C=O) groups excluding carboxylic acids is 1. The Morgan fingerprint density at radius 2 is 1.78 bits per heavy atom. The third-order valence-electron chi connectivity index (χ3n) is 3.78. The highest BCUT2D eigenvalue weighted by atomic mass is 16.5. The van der Waals surface area contributed by atoms with Gasteiger partial charge >= 0.3 is 5.97 Å². The lowest BCUT2D eigenvalue weighted by molar-refractivity contribution is 0.0458. The lowest BCUT2D eigenvalue weighted by Crippen LogP contribution is -2.08. The summed E-state index contributed by atoms with van der Waals surface area (Å²) >= 11 is 0. The molecule has 8 heteroatoms. The Labute approximate surface area is 157 Å². The largest absolute Gasteiger partial charge is 0.490 e. The maximum absolute atomic E-state index is 12.3. The molecule has 2 aromatic heterocycles. The highest BCUT2D eigenvalue weighted by Crippen LogP contribution is 2.28. The molecule has 0 radical (unpaired) electrons. The number of carbonyl (C=O) groups is 1. The van der Waals surface area contributed by atoms with Crippen molar-refractivity contribution in [3.05, 3.63) is 47.0 Å². The minimum atomic E-state index is -0.607. The van der Waals surface area contributed by atoms with Crippen molar-refractivity contribution in [2.24, 2.45) is 0 Å². The predicted octanol–water partition coefficient (Wildman–Crippen LogP) is 2.90. The smallest absolute Gasteiger partial charge is 0.378 e. The molecule has 1 aromatic carbocycles. The van der Waals surface area contributed by atoms with Crippen LogP contribution in [0.15, 0.2) is 24.3 Å². The molecule has 0 atom stereocenters. The van der Waals surface area contributed by atoms with Crippen LogP contribution in [0.4, 0.5) is 0 Å². The number of aryl methyl sites for hydroxylation is 2. The Morgan fingerprint density at radius 1 is 1.04 bits per heavy atom. The van der Waals surface area contributed by atoms with Crippen LogP contribution in [0.2, 0.25) is 0 Å². The topological polar surface area (TPSA) is 87.8 Å². The van der Waals surface area contributed by atoms with Gasteiger partial charge in [-0.15, -0.1) is 5.10 Å². The Morgan fingerprint density at radius 3 is 2.52 bits per heavy atom. The Bertz CT molecular complexity index is 968. The SMILES string of the molecule is CCOc1ccc(COC(=O)c2nc3nc(C)cc(C)n3n2)cc1OCC. The molecule has 0 aliphatic rings. The number of rotatable bonds is 7. The van der Waals surface area contributed by atoms with E-state index in [0.717, 1.165) is 17.0 Å². The molecular weight excluding hydrogens is 348 g/mol. The summed E-state index contributed by atoms with van der Waals surface area (Å²) in [5.41, 5.74) is 2.44. The molecule has 0 unspecified atom stereocenters. The number of hydrogen-bond donors (Lipinski definition) is 0. The Kier molecular flexibility index (Phi) is 5.54. The van der Waals surface area contributed by atoms with Gasteiger partial charge in [-0.1, -0.05) is 6.07 Å². The lowest BCUT2D eigenvalue weighted by Gasteiger charge is -2.12. The standard InChI is InChI=1S/C19H22N4O4/c1-5-25-15-8-7-14(10-16(15)26-6-2)11-27-18(24)17-21-19-20-12(3)9-13(4)23(19)22-17/h7-10H,5-6,11H2,1-4H3. The molecule has 0 amide bonds. The van der Waals surface area contributed by atoms with Gasteiger partial charge in [-0.05, 0) is 51.5 Å². The molecule has 8 nitrogen and oxygen atoms in total. The van der Waals surface area contributed by atoms with Gasteiger partial charge in [0, 0.05) is 11.4 Å². The maximum atomic E-state index is 12.3. The fraction of sp³-hybridized carbons (Fsp3) is 0.368. The third-order valence-corrected chi connectivity index (χ3v) is 3.78. The summed E-state index contributed by atoms with van der Waals surface area (Å²) < 4.78 is 18.0. The molecule has 0 aliphatic heterocycles. The van der Waals surface area contributed by atoms with Crippen LogP contribution in [0.5, 0.6) is 11.5 Å². The van der Waals surface area contributed by atoms with Crippen LogP contribution in [-0.4, -0.2) is 38.8 Å². The van der Waals surface area contributed by atoms with Gasteiger partial charge in [-0.3, -0.25) is 0 Å². The van der Waals surface area contributed by atoms with Crippen LogP contribution in [0.1, 0.15) is 41.4 Å². The van der Waals surface area contributed by atoms with Crippen molar-refractivity contribution in [3.8, 4) is 11.5 Å². The molecule has 0 N–H and O–H groups in total. The number of benzene rings is 1. The van der Waals surface area contributed by atoms with E-state index in [1.165, 1.54) is 4.52 Å². The Balaban J connectivity index is 1.73. The van der Waals surface area contributed by atoms with Crippen molar-refractivity contribution in [2.45, 2.75) is 34.3 Å². The maximum Gasteiger partial charge on any atom is 0.378 e. The molecule has 3 rings (SSSR count). The molecule has 0 aliphatic carbocycles. The zero-order valence-corrected chi connectivity index (χ0v) is 15.9. The van der Waals surface area contributed by atoms with Gasteiger partial charge < -0.3 is 14.2 Å². The lowest BCUT2D eigenvalue weighted by atomic mass is 10.2. The second-order valence-corrected chi connectivity index (χ2v) is 5.91. The summed E-state index contributed by atoms with van der Waals surface area (Å²) in [6.07, 6.45) is 0. The monoisotopic (exact) mass is 370 g/mol. The average molecular weight is 370 g/mol. The quantitative estimate of drug-likeness (QED) is 0.591. The Hall–Kier alpha value is -3.16. The summed E-state index contributed by atoms with van der Waals surface area (Å²) in [5.74, 6) is 1.03. The number of aromatic nitrogens is 4. The summed E-state index contributed by atoms with van der Waals surface area (Å²) in [5, 5.41) is 4.17. The first kappa shape index (κ1) is 18.6. The zero-order valence-electron chi connectivity index (χ0n) is 15.9. The fourth-order valence-electron chi connectivity index (χ4n) is 2.65. The van der Waals surface area contributed by atoms with Gasteiger partial charge in [0.25, 0.3) is 11.6 Å². The van der Waals surface area contributed by atoms with Crippen LogP contribution >= 0.6 is 0 Å². The van der Waals surface area contributed by atoms with Gasteiger partial charge in [0.2, 0.25) is 0 Å². The number of nitrogens with zero attached hydrogens (tertiary/aromatic N) is 4. The molecular formula is C19H22N4O4. The first-order chi connectivity index (χ1) is 13.0. The number of esters is 1. The fourth-order valence-corrected chi connectivity index (χ4v) is 2.65. The van der Waals surface area contributed by atoms with E-state index < -0.39 is 5.97 Å². The van der Waals surface area contributed by atoms with Crippen LogP contribution in [0.3, 0.4) is 0 Å². The molecule has 2 heterocycles. The van der Waals surface area contributed by atoms with E-state index >= 15 is 0 Å². The van der Waals surface area contributed by atoms with Gasteiger partial charge in [0.05, 0.1) is 13.2 Å². The summed E-state index contributed by atoms with van der Waals surface area (Å²) in [6.45, 7) is 8.68. The minimum Gasteiger partial charge on any atom is -0.490 e. The molecule has 0 saturated heterocycles. The highest BCUT2D eigenvalue weighted by molar-refractivity contribution is 5.85. The number of ether oxygens (including phenoxy) is 3. The molecule has 142 valence electrons. The molecule has 0 bridgehead atoms. The van der Waals surface area contributed by atoms with E-state index in [1.54, 1.807) is 12.1 Å². The van der Waals surface area contributed by atoms with E-state index in [9.17, 15) is 4.79 Å². The highest BCUT2D eigenvalue weighted by Gasteiger charge is 2.17. The molecule has 0 fully saturated rings. The van der Waals surface area contributed by atoms with Crippen LogP contribution < -0.4 is 9.47 Å². The van der Waals surface area contributed by atoms with Crippen molar-refractivity contribution in [1.82, 2.24) is 19.6 Å². The first-order valence-corrected chi connectivity index (χ1v) is 8.78. The number of hydrogen-bond acceptors (Lipinski definition) is 7. The molecule has 0 saturated carbocycles. The van der Waals surface area contributed by atoms with Crippen LogP contribution in [0, 0.1) is 13.8 Å². The van der Waals surface area contributed by atoms with Crippen molar-refractivity contribution < 1.29 is 19.0 Å². The second kappa shape index (κ2) is 8.03. The van der Waals surface area contributed by atoms with Gasteiger partial charge in [-0.25, -0.2) is 14.3 Å². The summed E-state index contributed by atoms with van der Waals surface area (Å²) in [7, 11) is 0. The average Bonchev–Trinajstić information content (AvgIpc) is 3.06. The van der Waals surface area contributed by atoms with Crippen LogP contribution in [-0.2, 0) is 11.3 Å². The molecule has 27 heavy (non-hydrogen) atoms. The predicted molar refractivity (Wildman–Crippen MR) is 98.2 cm³/mol. The summed E-state index contributed by atoms with van der Waals surface area (Å²) in [6, 6.07) is 7.30. The first-order valence-electron chi connectivity index (χ1n) is 8.78. The number of fused-ring (bicyclic) bond motifs is 1. The summed E-state index contributed by atoms with van der Waals surface area (Å²) in [4.78, 5) is 20.7. The van der Waals surface area contributed by atoms with Crippen molar-refractivity contribution in [1.29, 1.82) is 0 Å².